The number of aryl methyl sites for hydroxylation is 1. The molecule has 1 aliphatic rings. The number of aromatic nitrogens is 4. The normalized spacial score (nSPS) is 17.9. The van der Waals surface area contributed by atoms with Crippen molar-refractivity contribution < 1.29 is 17.5 Å². The first kappa shape index (κ1) is 18.6. The molecular weight excluding hydrogens is 385 g/mol. The molecule has 3 heterocycles. The first-order valence-electron chi connectivity index (χ1n) is 8.82. The van der Waals surface area contributed by atoms with Crippen LogP contribution in [0.15, 0.2) is 47.9 Å². The van der Waals surface area contributed by atoms with Crippen molar-refractivity contribution in [2.45, 2.75) is 24.0 Å². The molecule has 0 unspecified atom stereocenters. The van der Waals surface area contributed by atoms with E-state index in [0.29, 0.717) is 25.3 Å². The van der Waals surface area contributed by atoms with Crippen LogP contribution in [0, 0.1) is 5.82 Å². The summed E-state index contributed by atoms with van der Waals surface area (Å²) in [7, 11) is -1.87. The van der Waals surface area contributed by atoms with Crippen LogP contribution in [0.1, 0.15) is 23.7 Å². The summed E-state index contributed by atoms with van der Waals surface area (Å²) >= 11 is 0. The largest absolute Gasteiger partial charge is 0.487 e. The molecule has 0 radical (unpaired) electrons. The number of ether oxygens (including phenoxy) is 1. The molecule has 0 saturated carbocycles. The van der Waals surface area contributed by atoms with Crippen molar-refractivity contribution in [1.82, 2.24) is 24.1 Å². The highest BCUT2D eigenvalue weighted by molar-refractivity contribution is 7.89. The Bertz CT molecular complexity index is 1080. The number of sulfonamides is 1. The van der Waals surface area contributed by atoms with Gasteiger partial charge in [0.1, 0.15) is 18.2 Å². The highest BCUT2D eigenvalue weighted by atomic mass is 32.2. The minimum absolute atomic E-state index is 0.00217. The van der Waals surface area contributed by atoms with Gasteiger partial charge in [0, 0.05) is 38.3 Å². The zero-order valence-electron chi connectivity index (χ0n) is 15.2. The molecule has 28 heavy (non-hydrogen) atoms. The number of nitrogens with zero attached hydrogens (tertiary/aromatic N) is 4. The molecular formula is C18H20FN5O3S. The predicted octanol–water partition coefficient (Wildman–Crippen LogP) is 2.04. The van der Waals surface area contributed by atoms with Gasteiger partial charge in [-0.25, -0.2) is 17.8 Å². The number of aromatic amines is 1. The van der Waals surface area contributed by atoms with Crippen LogP contribution in [0.2, 0.25) is 0 Å². The number of halogens is 1. The van der Waals surface area contributed by atoms with Crippen LogP contribution in [0.4, 0.5) is 4.39 Å². The highest BCUT2D eigenvalue weighted by Crippen LogP contribution is 2.30. The Kier molecular flexibility index (Phi) is 4.90. The van der Waals surface area contributed by atoms with E-state index in [2.05, 4.69) is 15.2 Å². The molecule has 0 bridgehead atoms. The molecule has 1 saturated heterocycles. The van der Waals surface area contributed by atoms with Gasteiger partial charge in [-0.15, -0.1) is 0 Å². The standard InChI is InChI=1S/C18H20FN5O3S/c1-23-10-18(20-12-23)28(25,26)24-6-5-13(9-24)17-8-15(21-22-17)11-27-16-4-2-3-14(19)7-16/h2-4,7-8,10,12-13H,5-6,9,11H2,1H3,(H,21,22)/t13-/m0/s1. The highest BCUT2D eigenvalue weighted by Gasteiger charge is 2.35. The van der Waals surface area contributed by atoms with Crippen molar-refractivity contribution in [3.63, 3.8) is 0 Å². The van der Waals surface area contributed by atoms with Gasteiger partial charge in [-0.3, -0.25) is 5.10 Å². The molecule has 0 amide bonds. The first-order chi connectivity index (χ1) is 13.4. The van der Waals surface area contributed by atoms with Gasteiger partial charge in [0.25, 0.3) is 10.0 Å². The van der Waals surface area contributed by atoms with E-state index in [0.717, 1.165) is 11.4 Å². The molecule has 1 atom stereocenters. The number of hydrogen-bond donors (Lipinski definition) is 1. The second kappa shape index (κ2) is 7.36. The fourth-order valence-electron chi connectivity index (χ4n) is 3.22. The number of hydrogen-bond acceptors (Lipinski definition) is 5. The number of rotatable bonds is 6. The minimum atomic E-state index is -3.60. The fourth-order valence-corrected chi connectivity index (χ4v) is 4.69. The monoisotopic (exact) mass is 405 g/mol. The lowest BCUT2D eigenvalue weighted by Gasteiger charge is -2.14. The molecule has 4 rings (SSSR count). The van der Waals surface area contributed by atoms with Gasteiger partial charge in [-0.1, -0.05) is 6.07 Å². The van der Waals surface area contributed by atoms with Crippen LogP contribution in [-0.2, 0) is 23.7 Å². The number of H-pyrrole nitrogens is 1. The Labute approximate surface area is 162 Å². The molecule has 8 nitrogen and oxygen atoms in total. The van der Waals surface area contributed by atoms with Gasteiger partial charge in [0.2, 0.25) is 0 Å². The van der Waals surface area contributed by atoms with E-state index >= 15 is 0 Å². The lowest BCUT2D eigenvalue weighted by molar-refractivity contribution is 0.299. The van der Waals surface area contributed by atoms with Gasteiger partial charge < -0.3 is 9.30 Å². The van der Waals surface area contributed by atoms with Gasteiger partial charge in [0.15, 0.2) is 5.03 Å². The third-order valence-electron chi connectivity index (χ3n) is 4.70. The molecule has 0 spiro atoms. The maximum Gasteiger partial charge on any atom is 0.262 e. The van der Waals surface area contributed by atoms with Gasteiger partial charge in [0.05, 0.1) is 17.7 Å². The average Bonchev–Trinajstić information content (AvgIpc) is 3.40. The van der Waals surface area contributed by atoms with E-state index in [4.69, 9.17) is 4.74 Å². The van der Waals surface area contributed by atoms with Crippen molar-refractivity contribution in [2.24, 2.45) is 7.05 Å². The molecule has 1 fully saturated rings. The molecule has 10 heteroatoms. The summed E-state index contributed by atoms with van der Waals surface area (Å²) in [4.78, 5) is 3.96. The second-order valence-corrected chi connectivity index (χ2v) is 8.67. The fraction of sp³-hybridized carbons (Fsp3) is 0.333. The summed E-state index contributed by atoms with van der Waals surface area (Å²) in [6, 6.07) is 7.79. The quantitative estimate of drug-likeness (QED) is 0.677. The van der Waals surface area contributed by atoms with Crippen LogP contribution in [0.25, 0.3) is 0 Å². The summed E-state index contributed by atoms with van der Waals surface area (Å²) in [5.74, 6) is 0.0743. The van der Waals surface area contributed by atoms with Crippen LogP contribution >= 0.6 is 0 Å². The molecule has 148 valence electrons. The van der Waals surface area contributed by atoms with E-state index < -0.39 is 10.0 Å². The maximum atomic E-state index is 13.2. The molecule has 1 aliphatic heterocycles. The molecule has 1 aromatic carbocycles. The number of imidazole rings is 1. The van der Waals surface area contributed by atoms with E-state index in [1.165, 1.54) is 29.0 Å². The van der Waals surface area contributed by atoms with E-state index in [1.807, 2.05) is 6.07 Å². The van der Waals surface area contributed by atoms with E-state index in [9.17, 15) is 12.8 Å². The molecule has 1 N–H and O–H groups in total. The SMILES string of the molecule is Cn1cnc(S(=O)(=O)N2CC[C@H](c3cc(COc4cccc(F)c4)[nH]n3)C2)c1. The summed E-state index contributed by atoms with van der Waals surface area (Å²) < 4.78 is 47.2. The topological polar surface area (TPSA) is 93.1 Å². The molecule has 0 aliphatic carbocycles. The number of nitrogens with one attached hydrogen (secondary N) is 1. The third kappa shape index (κ3) is 3.78. The maximum absolute atomic E-state index is 13.2. The summed E-state index contributed by atoms with van der Waals surface area (Å²) in [6.45, 7) is 0.999. The van der Waals surface area contributed by atoms with Crippen LogP contribution in [0.5, 0.6) is 5.75 Å². The Morgan fingerprint density at radius 2 is 2.21 bits per heavy atom. The third-order valence-corrected chi connectivity index (χ3v) is 6.45. The summed E-state index contributed by atoms with van der Waals surface area (Å²) in [5, 5.41) is 7.26. The van der Waals surface area contributed by atoms with Crippen LogP contribution in [0.3, 0.4) is 0 Å². The summed E-state index contributed by atoms with van der Waals surface area (Å²) in [6.07, 6.45) is 3.65. The van der Waals surface area contributed by atoms with Crippen LogP contribution < -0.4 is 4.74 Å². The van der Waals surface area contributed by atoms with Gasteiger partial charge in [-0.05, 0) is 24.6 Å². The zero-order valence-corrected chi connectivity index (χ0v) is 16.1. The Morgan fingerprint density at radius 3 is 2.96 bits per heavy atom. The lowest BCUT2D eigenvalue weighted by Crippen LogP contribution is -2.29. The van der Waals surface area contributed by atoms with E-state index in [1.54, 1.807) is 23.7 Å². The summed E-state index contributed by atoms with van der Waals surface area (Å²) in [5.41, 5.74) is 1.53. The van der Waals surface area contributed by atoms with Crippen molar-refractivity contribution in [1.29, 1.82) is 0 Å². The molecule has 3 aromatic rings. The first-order valence-corrected chi connectivity index (χ1v) is 10.3. The Hall–Kier alpha value is -2.72. The Morgan fingerprint density at radius 1 is 1.36 bits per heavy atom. The van der Waals surface area contributed by atoms with Crippen molar-refractivity contribution in [3.8, 4) is 5.75 Å². The van der Waals surface area contributed by atoms with Crippen molar-refractivity contribution >= 4 is 10.0 Å². The molecule has 2 aromatic heterocycles. The van der Waals surface area contributed by atoms with Crippen molar-refractivity contribution in [2.75, 3.05) is 13.1 Å². The van der Waals surface area contributed by atoms with Crippen molar-refractivity contribution in [3.05, 3.63) is 60.1 Å². The Balaban J connectivity index is 1.39. The average molecular weight is 405 g/mol. The van der Waals surface area contributed by atoms with Crippen LogP contribution in [-0.4, -0.2) is 45.6 Å². The van der Waals surface area contributed by atoms with E-state index in [-0.39, 0.29) is 23.4 Å². The predicted molar refractivity (Wildman–Crippen MR) is 98.6 cm³/mol. The minimum Gasteiger partial charge on any atom is -0.487 e. The second-order valence-electron chi connectivity index (χ2n) is 6.79. The zero-order chi connectivity index (χ0) is 19.7. The van der Waals surface area contributed by atoms with Gasteiger partial charge in [-0.2, -0.15) is 9.40 Å². The lowest BCUT2D eigenvalue weighted by atomic mass is 10.1. The smallest absolute Gasteiger partial charge is 0.262 e. The van der Waals surface area contributed by atoms with Gasteiger partial charge >= 0.3 is 0 Å². The number of benzene rings is 1.